The molecular weight excluding hydrogens is 261 g/mol. The van der Waals surface area contributed by atoms with Gasteiger partial charge in [0.15, 0.2) is 0 Å². The molecule has 6 heteroatoms. The van der Waals surface area contributed by atoms with Crippen LogP contribution in [0.4, 0.5) is 21.5 Å². The maximum Gasteiger partial charge on any atom is 0.338 e. The van der Waals surface area contributed by atoms with Crippen LogP contribution in [0.15, 0.2) is 36.4 Å². The van der Waals surface area contributed by atoms with E-state index in [1.54, 1.807) is 24.3 Å². The Morgan fingerprint density at radius 3 is 2.75 bits per heavy atom. The number of nitrogens with zero attached hydrogens (tertiary/aromatic N) is 1. The van der Waals surface area contributed by atoms with Gasteiger partial charge in [-0.1, -0.05) is 6.07 Å². The molecule has 0 atom stereocenters. The van der Waals surface area contributed by atoms with E-state index in [0.29, 0.717) is 11.3 Å². The fourth-order valence-corrected chi connectivity index (χ4v) is 1.68. The molecule has 2 aromatic rings. The number of rotatable bonds is 3. The van der Waals surface area contributed by atoms with E-state index in [2.05, 4.69) is 5.32 Å². The number of nitrogens with two attached hydrogens (primary N) is 1. The zero-order chi connectivity index (χ0) is 14.7. The molecule has 4 N–H and O–H groups in total. The quantitative estimate of drug-likeness (QED) is 0.745. The minimum Gasteiger partial charge on any atom is -0.478 e. The van der Waals surface area contributed by atoms with Gasteiger partial charge in [-0.25, -0.2) is 9.18 Å². The average molecular weight is 271 g/mol. The van der Waals surface area contributed by atoms with Crippen molar-refractivity contribution in [2.24, 2.45) is 0 Å². The van der Waals surface area contributed by atoms with Gasteiger partial charge in [0.05, 0.1) is 28.6 Å². The second-order valence-electron chi connectivity index (χ2n) is 4.04. The number of hydrogen-bond acceptors (Lipinski definition) is 4. The van der Waals surface area contributed by atoms with Gasteiger partial charge in [0.25, 0.3) is 0 Å². The minimum absolute atomic E-state index is 0.103. The van der Waals surface area contributed by atoms with E-state index in [-0.39, 0.29) is 11.4 Å². The highest BCUT2D eigenvalue weighted by Gasteiger charge is 2.13. The molecule has 0 spiro atoms. The molecular formula is C14H10FN3O2. The Bertz CT molecular complexity index is 723. The van der Waals surface area contributed by atoms with Crippen molar-refractivity contribution < 1.29 is 14.3 Å². The van der Waals surface area contributed by atoms with Crippen LogP contribution in [0.2, 0.25) is 0 Å². The van der Waals surface area contributed by atoms with Crippen LogP contribution in [0, 0.1) is 17.1 Å². The SMILES string of the molecule is N#Cc1cccc(Nc2cc(F)c(C(=O)O)cc2N)c1. The Morgan fingerprint density at radius 1 is 1.35 bits per heavy atom. The number of nitrogen functional groups attached to an aromatic ring is 1. The normalized spacial score (nSPS) is 9.80. The van der Waals surface area contributed by atoms with Crippen molar-refractivity contribution in [1.29, 1.82) is 5.26 Å². The molecule has 0 aliphatic carbocycles. The number of nitriles is 1. The molecule has 0 aliphatic rings. The largest absolute Gasteiger partial charge is 0.478 e. The molecule has 0 unspecified atom stereocenters. The van der Waals surface area contributed by atoms with Gasteiger partial charge in [0, 0.05) is 11.8 Å². The summed E-state index contributed by atoms with van der Waals surface area (Å²) in [6.07, 6.45) is 0. The topological polar surface area (TPSA) is 99.1 Å². The molecule has 2 rings (SSSR count). The summed E-state index contributed by atoms with van der Waals surface area (Å²) in [5, 5.41) is 20.4. The van der Waals surface area contributed by atoms with Crippen LogP contribution in [0.5, 0.6) is 0 Å². The Balaban J connectivity index is 2.37. The molecule has 0 amide bonds. The van der Waals surface area contributed by atoms with Crippen LogP contribution in [-0.4, -0.2) is 11.1 Å². The van der Waals surface area contributed by atoms with E-state index in [4.69, 9.17) is 16.1 Å². The Hall–Kier alpha value is -3.07. The van der Waals surface area contributed by atoms with Crippen LogP contribution in [-0.2, 0) is 0 Å². The van der Waals surface area contributed by atoms with Crippen molar-refractivity contribution in [2.75, 3.05) is 11.1 Å². The summed E-state index contributed by atoms with van der Waals surface area (Å²) < 4.78 is 13.6. The van der Waals surface area contributed by atoms with Gasteiger partial charge in [-0.3, -0.25) is 0 Å². The smallest absolute Gasteiger partial charge is 0.338 e. The van der Waals surface area contributed by atoms with Gasteiger partial charge in [0.1, 0.15) is 5.82 Å². The Kier molecular flexibility index (Phi) is 3.53. The molecule has 0 heterocycles. The number of aromatic carboxylic acids is 1. The lowest BCUT2D eigenvalue weighted by atomic mass is 10.1. The van der Waals surface area contributed by atoms with Crippen molar-refractivity contribution in [2.45, 2.75) is 0 Å². The lowest BCUT2D eigenvalue weighted by Gasteiger charge is -2.11. The van der Waals surface area contributed by atoms with Gasteiger partial charge in [-0.2, -0.15) is 5.26 Å². The number of benzene rings is 2. The molecule has 0 fully saturated rings. The molecule has 0 aromatic heterocycles. The molecule has 5 nitrogen and oxygen atoms in total. The summed E-state index contributed by atoms with van der Waals surface area (Å²) in [7, 11) is 0. The molecule has 0 saturated heterocycles. The van der Waals surface area contributed by atoms with Gasteiger partial charge >= 0.3 is 5.97 Å². The number of carboxylic acid groups (broad SMARTS) is 1. The summed E-state index contributed by atoms with van der Waals surface area (Å²) in [6, 6.07) is 10.6. The van der Waals surface area contributed by atoms with E-state index in [9.17, 15) is 9.18 Å². The fraction of sp³-hybridized carbons (Fsp3) is 0. The number of anilines is 3. The average Bonchev–Trinajstić information content (AvgIpc) is 2.42. The number of halogens is 1. The highest BCUT2D eigenvalue weighted by atomic mass is 19.1. The Morgan fingerprint density at radius 2 is 2.10 bits per heavy atom. The predicted molar refractivity (Wildman–Crippen MR) is 72.2 cm³/mol. The molecule has 0 saturated carbocycles. The van der Waals surface area contributed by atoms with Crippen molar-refractivity contribution in [1.82, 2.24) is 0 Å². The Labute approximate surface area is 114 Å². The monoisotopic (exact) mass is 271 g/mol. The third-order valence-electron chi connectivity index (χ3n) is 2.64. The van der Waals surface area contributed by atoms with Crippen LogP contribution in [0.1, 0.15) is 15.9 Å². The maximum absolute atomic E-state index is 13.6. The van der Waals surface area contributed by atoms with E-state index in [0.717, 1.165) is 12.1 Å². The summed E-state index contributed by atoms with van der Waals surface area (Å²) >= 11 is 0. The molecule has 2 aromatic carbocycles. The van der Waals surface area contributed by atoms with Gasteiger partial charge in [0.2, 0.25) is 0 Å². The second kappa shape index (κ2) is 5.28. The van der Waals surface area contributed by atoms with Crippen LogP contribution < -0.4 is 11.1 Å². The number of nitrogens with one attached hydrogen (secondary N) is 1. The van der Waals surface area contributed by atoms with E-state index in [1.807, 2.05) is 6.07 Å². The zero-order valence-corrected chi connectivity index (χ0v) is 10.2. The predicted octanol–water partition coefficient (Wildman–Crippen LogP) is 2.72. The van der Waals surface area contributed by atoms with Crippen molar-refractivity contribution in [3.8, 4) is 6.07 Å². The first-order chi connectivity index (χ1) is 9.51. The molecule has 20 heavy (non-hydrogen) atoms. The van der Waals surface area contributed by atoms with Crippen LogP contribution in [0.25, 0.3) is 0 Å². The van der Waals surface area contributed by atoms with Crippen LogP contribution >= 0.6 is 0 Å². The molecule has 0 aliphatic heterocycles. The third kappa shape index (κ3) is 2.67. The third-order valence-corrected chi connectivity index (χ3v) is 2.64. The van der Waals surface area contributed by atoms with Crippen molar-refractivity contribution in [3.05, 3.63) is 53.3 Å². The standard InChI is InChI=1S/C14H10FN3O2/c15-11-6-13(12(17)5-10(11)14(19)20)18-9-3-1-2-8(4-9)7-16/h1-6,18H,17H2,(H,19,20). The van der Waals surface area contributed by atoms with Gasteiger partial charge in [-0.15, -0.1) is 0 Å². The zero-order valence-electron chi connectivity index (χ0n) is 10.2. The fourth-order valence-electron chi connectivity index (χ4n) is 1.68. The summed E-state index contributed by atoms with van der Waals surface area (Å²) in [6.45, 7) is 0. The second-order valence-corrected chi connectivity index (χ2v) is 4.04. The van der Waals surface area contributed by atoms with Crippen LogP contribution in [0.3, 0.4) is 0 Å². The van der Waals surface area contributed by atoms with Crippen molar-refractivity contribution >= 4 is 23.0 Å². The first-order valence-electron chi connectivity index (χ1n) is 5.61. The molecule has 0 bridgehead atoms. The number of carboxylic acids is 1. The minimum atomic E-state index is -1.38. The van der Waals surface area contributed by atoms with E-state index >= 15 is 0 Å². The highest BCUT2D eigenvalue weighted by molar-refractivity contribution is 5.91. The summed E-state index contributed by atoms with van der Waals surface area (Å²) in [5.74, 6) is -2.27. The van der Waals surface area contributed by atoms with E-state index in [1.165, 1.54) is 0 Å². The lowest BCUT2D eigenvalue weighted by molar-refractivity contribution is 0.0692. The molecule has 100 valence electrons. The van der Waals surface area contributed by atoms with Gasteiger partial charge in [-0.05, 0) is 24.3 Å². The highest BCUT2D eigenvalue weighted by Crippen LogP contribution is 2.26. The first-order valence-corrected chi connectivity index (χ1v) is 5.61. The lowest BCUT2D eigenvalue weighted by Crippen LogP contribution is -2.05. The molecule has 0 radical (unpaired) electrons. The summed E-state index contributed by atoms with van der Waals surface area (Å²) in [5.41, 5.74) is 6.54. The first kappa shape index (κ1) is 13.4. The summed E-state index contributed by atoms with van der Waals surface area (Å²) in [4.78, 5) is 10.8. The maximum atomic E-state index is 13.6. The van der Waals surface area contributed by atoms with Crippen molar-refractivity contribution in [3.63, 3.8) is 0 Å². The van der Waals surface area contributed by atoms with Gasteiger partial charge < -0.3 is 16.2 Å². The van der Waals surface area contributed by atoms with E-state index < -0.39 is 17.3 Å². The number of carbonyl (C=O) groups is 1. The number of hydrogen-bond donors (Lipinski definition) is 3.